The molecule has 1 heterocycles. The molecule has 0 aliphatic carbocycles. The molecule has 0 bridgehead atoms. The number of hydrogen-bond donors (Lipinski definition) is 1. The van der Waals surface area contributed by atoms with Gasteiger partial charge in [0.1, 0.15) is 0 Å². The van der Waals surface area contributed by atoms with Crippen LogP contribution in [0.2, 0.25) is 0 Å². The first-order valence-corrected chi connectivity index (χ1v) is 6.26. The highest BCUT2D eigenvalue weighted by Crippen LogP contribution is 2.33. The zero-order chi connectivity index (χ0) is 15.8. The minimum Gasteiger partial charge on any atom is -0.366 e. The molecule has 1 aromatic carbocycles. The van der Waals surface area contributed by atoms with Crippen LogP contribution in [0.25, 0.3) is 11.3 Å². The lowest BCUT2D eigenvalue weighted by molar-refractivity contribution is -0.137. The minimum absolute atomic E-state index is 0.0263. The number of rotatable bonds is 3. The first-order valence-electron chi connectivity index (χ1n) is 6.26. The van der Waals surface area contributed by atoms with Crippen molar-refractivity contribution in [2.24, 2.45) is 5.73 Å². The van der Waals surface area contributed by atoms with E-state index in [9.17, 15) is 18.0 Å². The summed E-state index contributed by atoms with van der Waals surface area (Å²) in [6.07, 6.45) is -3.05. The van der Waals surface area contributed by atoms with E-state index >= 15 is 0 Å². The van der Waals surface area contributed by atoms with Gasteiger partial charge in [-0.3, -0.25) is 9.48 Å². The maximum absolute atomic E-state index is 12.9. The summed E-state index contributed by atoms with van der Waals surface area (Å²) in [5, 5.41) is 4.08. The van der Waals surface area contributed by atoms with Gasteiger partial charge in [-0.25, -0.2) is 0 Å². The number of benzene rings is 1. The molecule has 0 saturated carbocycles. The van der Waals surface area contributed by atoms with Crippen LogP contribution in [0.1, 0.15) is 35.8 Å². The van der Waals surface area contributed by atoms with Gasteiger partial charge in [0.2, 0.25) is 5.91 Å². The molecule has 0 atom stereocenters. The van der Waals surface area contributed by atoms with Crippen molar-refractivity contribution >= 4 is 5.91 Å². The summed E-state index contributed by atoms with van der Waals surface area (Å²) in [6, 6.07) is 4.65. The summed E-state index contributed by atoms with van der Waals surface area (Å²) in [5.41, 5.74) is 4.77. The number of halogens is 3. The SMILES string of the molecule is CC(C)n1nccc1-c1cc(C(N)=O)cc(C(F)(F)F)c1. The van der Waals surface area contributed by atoms with Crippen LogP contribution in [-0.4, -0.2) is 15.7 Å². The molecular weight excluding hydrogens is 283 g/mol. The third-order valence-corrected chi connectivity index (χ3v) is 3.00. The summed E-state index contributed by atoms with van der Waals surface area (Å²) in [5.74, 6) is -0.905. The van der Waals surface area contributed by atoms with Crippen LogP contribution in [0.3, 0.4) is 0 Å². The summed E-state index contributed by atoms with van der Waals surface area (Å²) in [6.45, 7) is 3.72. The van der Waals surface area contributed by atoms with Crippen molar-refractivity contribution in [2.75, 3.05) is 0 Å². The van der Waals surface area contributed by atoms with Crippen LogP contribution in [0, 0.1) is 0 Å². The molecule has 4 nitrogen and oxygen atoms in total. The molecule has 2 rings (SSSR count). The van der Waals surface area contributed by atoms with Gasteiger partial charge in [-0.1, -0.05) is 0 Å². The molecule has 0 unspecified atom stereocenters. The van der Waals surface area contributed by atoms with Gasteiger partial charge in [0, 0.05) is 23.4 Å². The number of hydrogen-bond acceptors (Lipinski definition) is 2. The summed E-state index contributed by atoms with van der Waals surface area (Å²) in [4.78, 5) is 11.3. The Kier molecular flexibility index (Phi) is 3.76. The van der Waals surface area contributed by atoms with E-state index in [4.69, 9.17) is 5.73 Å². The number of nitrogens with zero attached hydrogens (tertiary/aromatic N) is 2. The summed E-state index contributed by atoms with van der Waals surface area (Å²) in [7, 11) is 0. The molecule has 2 aromatic rings. The van der Waals surface area contributed by atoms with Crippen LogP contribution in [0.15, 0.2) is 30.5 Å². The lowest BCUT2D eigenvalue weighted by atomic mass is 10.0. The fraction of sp³-hybridized carbons (Fsp3) is 0.286. The van der Waals surface area contributed by atoms with Gasteiger partial charge in [0.05, 0.1) is 11.3 Å². The minimum atomic E-state index is -4.55. The Labute approximate surface area is 119 Å². The van der Waals surface area contributed by atoms with Crippen LogP contribution in [-0.2, 0) is 6.18 Å². The second-order valence-corrected chi connectivity index (χ2v) is 4.92. The predicted octanol–water partition coefficient (Wildman–Crippen LogP) is 3.25. The number of primary amides is 1. The van der Waals surface area contributed by atoms with Crippen molar-refractivity contribution in [3.63, 3.8) is 0 Å². The highest BCUT2D eigenvalue weighted by atomic mass is 19.4. The van der Waals surface area contributed by atoms with Gasteiger partial charge in [-0.05, 0) is 38.1 Å². The Hall–Kier alpha value is -2.31. The molecule has 0 spiro atoms. The number of aromatic nitrogens is 2. The van der Waals surface area contributed by atoms with Crippen LogP contribution >= 0.6 is 0 Å². The number of carbonyl (C=O) groups is 1. The Morgan fingerprint density at radius 1 is 1.29 bits per heavy atom. The van der Waals surface area contributed by atoms with E-state index < -0.39 is 17.6 Å². The molecule has 0 saturated heterocycles. The third-order valence-electron chi connectivity index (χ3n) is 3.00. The lowest BCUT2D eigenvalue weighted by Crippen LogP contribution is -2.14. The Bertz CT molecular complexity index is 674. The van der Waals surface area contributed by atoms with Gasteiger partial charge >= 0.3 is 6.18 Å². The average Bonchev–Trinajstić information content (AvgIpc) is 2.86. The maximum Gasteiger partial charge on any atom is 0.416 e. The van der Waals surface area contributed by atoms with E-state index in [1.165, 1.54) is 12.3 Å². The van der Waals surface area contributed by atoms with E-state index in [2.05, 4.69) is 5.10 Å². The topological polar surface area (TPSA) is 60.9 Å². The number of alkyl halides is 3. The molecule has 0 radical (unpaired) electrons. The summed E-state index contributed by atoms with van der Waals surface area (Å²) >= 11 is 0. The van der Waals surface area contributed by atoms with Crippen molar-refractivity contribution in [1.29, 1.82) is 0 Å². The van der Waals surface area contributed by atoms with Crippen molar-refractivity contribution in [2.45, 2.75) is 26.1 Å². The van der Waals surface area contributed by atoms with E-state index in [0.717, 1.165) is 12.1 Å². The van der Waals surface area contributed by atoms with Crippen molar-refractivity contribution < 1.29 is 18.0 Å². The second-order valence-electron chi connectivity index (χ2n) is 4.92. The Balaban J connectivity index is 2.65. The molecule has 1 amide bonds. The molecule has 0 fully saturated rings. The highest BCUT2D eigenvalue weighted by Gasteiger charge is 2.32. The number of nitrogens with two attached hydrogens (primary N) is 1. The zero-order valence-corrected chi connectivity index (χ0v) is 11.5. The zero-order valence-electron chi connectivity index (χ0n) is 11.5. The van der Waals surface area contributed by atoms with Gasteiger partial charge in [0.15, 0.2) is 0 Å². The van der Waals surface area contributed by atoms with E-state index in [1.807, 2.05) is 13.8 Å². The van der Waals surface area contributed by atoms with Gasteiger partial charge in [-0.15, -0.1) is 0 Å². The highest BCUT2D eigenvalue weighted by molar-refractivity contribution is 5.94. The fourth-order valence-corrected chi connectivity index (χ4v) is 2.04. The number of amides is 1. The van der Waals surface area contributed by atoms with Gasteiger partial charge in [-0.2, -0.15) is 18.3 Å². The van der Waals surface area contributed by atoms with E-state index in [1.54, 1.807) is 10.7 Å². The Morgan fingerprint density at radius 3 is 2.48 bits per heavy atom. The van der Waals surface area contributed by atoms with Crippen LogP contribution in [0.4, 0.5) is 13.2 Å². The molecule has 0 aliphatic heterocycles. The van der Waals surface area contributed by atoms with Crippen LogP contribution < -0.4 is 5.73 Å². The largest absolute Gasteiger partial charge is 0.416 e. The first kappa shape index (κ1) is 15.1. The average molecular weight is 297 g/mol. The van der Waals surface area contributed by atoms with Crippen molar-refractivity contribution in [3.05, 3.63) is 41.6 Å². The molecule has 1 aromatic heterocycles. The standard InChI is InChI=1S/C14H14F3N3O/c1-8(2)20-12(3-4-19-20)9-5-10(13(18)21)7-11(6-9)14(15,16)17/h3-8H,1-2H3,(H2,18,21). The predicted molar refractivity (Wildman–Crippen MR) is 71.6 cm³/mol. The lowest BCUT2D eigenvalue weighted by Gasteiger charge is -2.14. The van der Waals surface area contributed by atoms with E-state index in [0.29, 0.717) is 5.69 Å². The number of carbonyl (C=O) groups excluding carboxylic acids is 1. The Morgan fingerprint density at radius 2 is 1.95 bits per heavy atom. The first-order chi connectivity index (χ1) is 9.70. The van der Waals surface area contributed by atoms with Gasteiger partial charge < -0.3 is 5.73 Å². The quantitative estimate of drug-likeness (QED) is 0.945. The smallest absolute Gasteiger partial charge is 0.366 e. The molecule has 0 aliphatic rings. The fourth-order valence-electron chi connectivity index (χ4n) is 2.04. The third kappa shape index (κ3) is 3.07. The van der Waals surface area contributed by atoms with Gasteiger partial charge in [0.25, 0.3) is 0 Å². The molecule has 112 valence electrons. The maximum atomic E-state index is 12.9. The van der Waals surface area contributed by atoms with Crippen molar-refractivity contribution in [3.8, 4) is 11.3 Å². The summed E-state index contributed by atoms with van der Waals surface area (Å²) < 4.78 is 40.4. The normalized spacial score (nSPS) is 11.9. The molecular formula is C14H14F3N3O. The van der Waals surface area contributed by atoms with Crippen molar-refractivity contribution in [1.82, 2.24) is 9.78 Å². The molecule has 7 heteroatoms. The monoisotopic (exact) mass is 297 g/mol. The van der Waals surface area contributed by atoms with E-state index in [-0.39, 0.29) is 17.2 Å². The van der Waals surface area contributed by atoms with Crippen LogP contribution in [0.5, 0.6) is 0 Å². The molecule has 21 heavy (non-hydrogen) atoms. The molecule has 2 N–H and O–H groups in total. The second kappa shape index (κ2) is 5.23.